The van der Waals surface area contributed by atoms with Gasteiger partial charge in [0, 0.05) is 17.2 Å². The van der Waals surface area contributed by atoms with Crippen molar-refractivity contribution in [2.45, 2.75) is 33.4 Å². The summed E-state index contributed by atoms with van der Waals surface area (Å²) in [6, 6.07) is 6.91. The third-order valence-electron chi connectivity index (χ3n) is 5.03. The van der Waals surface area contributed by atoms with Gasteiger partial charge in [-0.2, -0.15) is 4.98 Å². The highest BCUT2D eigenvalue weighted by Crippen LogP contribution is 2.24. The molecule has 34 heavy (non-hydrogen) atoms. The number of rotatable bonds is 7. The minimum absolute atomic E-state index is 0.0165. The lowest BCUT2D eigenvalue weighted by molar-refractivity contribution is -0.119. The quantitative estimate of drug-likeness (QED) is 0.483. The molecule has 0 aliphatic carbocycles. The van der Waals surface area contributed by atoms with Gasteiger partial charge in [-0.25, -0.2) is 8.78 Å². The van der Waals surface area contributed by atoms with Crippen molar-refractivity contribution in [3.8, 4) is 11.6 Å². The normalized spacial score (nSPS) is 11.7. The van der Waals surface area contributed by atoms with Crippen LogP contribution in [0.5, 0.6) is 5.88 Å². The van der Waals surface area contributed by atoms with E-state index in [4.69, 9.17) is 10.5 Å². The van der Waals surface area contributed by atoms with E-state index in [-0.39, 0.29) is 33.9 Å². The van der Waals surface area contributed by atoms with E-state index in [0.717, 1.165) is 12.1 Å². The SMILES string of the molecule is Cc1ccc(C(=O)N[C@@H](C)C(N)=O)cc1-n1c(C)nc(OCc2ccc(F)cc2F)c(Br)c1=O. The van der Waals surface area contributed by atoms with Crippen LogP contribution < -0.4 is 21.3 Å². The van der Waals surface area contributed by atoms with Crippen LogP contribution in [-0.2, 0) is 11.4 Å². The molecule has 11 heteroatoms. The number of nitrogens with zero attached hydrogens (tertiary/aromatic N) is 2. The molecule has 0 saturated heterocycles. The van der Waals surface area contributed by atoms with E-state index >= 15 is 0 Å². The summed E-state index contributed by atoms with van der Waals surface area (Å²) in [5, 5.41) is 2.48. The number of carbonyl (C=O) groups excluding carboxylic acids is 2. The summed E-state index contributed by atoms with van der Waals surface area (Å²) >= 11 is 3.18. The number of carbonyl (C=O) groups is 2. The molecular formula is C23H21BrF2N4O4. The van der Waals surface area contributed by atoms with E-state index in [1.165, 1.54) is 23.6 Å². The molecule has 3 N–H and O–H groups in total. The Kier molecular flexibility index (Phi) is 7.45. The maximum Gasteiger partial charge on any atom is 0.276 e. The molecule has 2 aromatic carbocycles. The molecule has 0 unspecified atom stereocenters. The number of aromatic nitrogens is 2. The summed E-state index contributed by atoms with van der Waals surface area (Å²) in [4.78, 5) is 41.2. The lowest BCUT2D eigenvalue weighted by Gasteiger charge is -2.17. The van der Waals surface area contributed by atoms with Crippen molar-refractivity contribution in [2.24, 2.45) is 5.73 Å². The molecule has 0 spiro atoms. The summed E-state index contributed by atoms with van der Waals surface area (Å²) in [7, 11) is 0. The van der Waals surface area contributed by atoms with Crippen LogP contribution in [0.2, 0.25) is 0 Å². The number of hydrogen-bond donors (Lipinski definition) is 2. The van der Waals surface area contributed by atoms with Gasteiger partial charge in [0.2, 0.25) is 11.8 Å². The van der Waals surface area contributed by atoms with Crippen LogP contribution in [0.4, 0.5) is 8.78 Å². The Hall–Kier alpha value is -3.60. The van der Waals surface area contributed by atoms with Crippen LogP contribution in [0, 0.1) is 25.5 Å². The summed E-state index contributed by atoms with van der Waals surface area (Å²) in [6.45, 7) is 4.51. The smallest absolute Gasteiger partial charge is 0.276 e. The highest BCUT2D eigenvalue weighted by Gasteiger charge is 2.19. The summed E-state index contributed by atoms with van der Waals surface area (Å²) in [6.07, 6.45) is 0. The maximum atomic E-state index is 13.9. The predicted molar refractivity (Wildman–Crippen MR) is 124 cm³/mol. The van der Waals surface area contributed by atoms with Crippen LogP contribution in [0.15, 0.2) is 45.7 Å². The highest BCUT2D eigenvalue weighted by molar-refractivity contribution is 9.10. The molecule has 1 atom stereocenters. The van der Waals surface area contributed by atoms with Crippen molar-refractivity contribution >= 4 is 27.7 Å². The first-order valence-corrected chi connectivity index (χ1v) is 10.9. The fraction of sp³-hybridized carbons (Fsp3) is 0.217. The molecule has 0 saturated carbocycles. The lowest BCUT2D eigenvalue weighted by Crippen LogP contribution is -2.42. The molecule has 1 heterocycles. The number of ether oxygens (including phenoxy) is 1. The summed E-state index contributed by atoms with van der Waals surface area (Å²) in [5.41, 5.74) is 6.05. The van der Waals surface area contributed by atoms with Gasteiger partial charge in [-0.3, -0.25) is 19.0 Å². The van der Waals surface area contributed by atoms with Crippen LogP contribution in [0.1, 0.15) is 34.2 Å². The standard InChI is InChI=1S/C23H21BrF2N4O4/c1-11-4-5-14(21(32)28-12(2)20(27)31)8-18(11)30-13(3)29-22(19(24)23(30)33)34-10-15-6-7-16(25)9-17(15)26/h4-9,12H,10H2,1-3H3,(H2,27,31)(H,28,32)/t12-/m0/s1. The number of primary amides is 1. The number of nitrogens with one attached hydrogen (secondary N) is 1. The second-order valence-corrected chi connectivity index (χ2v) is 8.33. The van der Waals surface area contributed by atoms with E-state index in [1.807, 2.05) is 0 Å². The Morgan fingerprint density at radius 2 is 1.91 bits per heavy atom. The summed E-state index contributed by atoms with van der Waals surface area (Å²) < 4.78 is 33.8. The van der Waals surface area contributed by atoms with Gasteiger partial charge in [0.05, 0.1) is 5.69 Å². The molecular weight excluding hydrogens is 514 g/mol. The minimum atomic E-state index is -0.875. The van der Waals surface area contributed by atoms with E-state index in [9.17, 15) is 23.2 Å². The van der Waals surface area contributed by atoms with Crippen LogP contribution in [-0.4, -0.2) is 27.4 Å². The van der Waals surface area contributed by atoms with E-state index in [1.54, 1.807) is 26.0 Å². The number of benzene rings is 2. The number of amides is 2. The average molecular weight is 535 g/mol. The van der Waals surface area contributed by atoms with Gasteiger partial charge >= 0.3 is 0 Å². The second kappa shape index (κ2) is 10.1. The van der Waals surface area contributed by atoms with Crippen LogP contribution in [0.3, 0.4) is 0 Å². The molecule has 0 fully saturated rings. The third-order valence-corrected chi connectivity index (χ3v) is 5.71. The van der Waals surface area contributed by atoms with E-state index in [0.29, 0.717) is 11.3 Å². The topological polar surface area (TPSA) is 116 Å². The highest BCUT2D eigenvalue weighted by atomic mass is 79.9. The van der Waals surface area contributed by atoms with Crippen molar-refractivity contribution in [1.29, 1.82) is 0 Å². The van der Waals surface area contributed by atoms with Crippen molar-refractivity contribution in [3.05, 3.63) is 85.4 Å². The minimum Gasteiger partial charge on any atom is -0.472 e. The Balaban J connectivity index is 1.95. The Morgan fingerprint density at radius 3 is 2.56 bits per heavy atom. The monoisotopic (exact) mass is 534 g/mol. The van der Waals surface area contributed by atoms with Gasteiger partial charge in [-0.05, 0) is 66.5 Å². The molecule has 2 amide bonds. The molecule has 3 rings (SSSR count). The largest absolute Gasteiger partial charge is 0.472 e. The second-order valence-electron chi connectivity index (χ2n) is 7.54. The van der Waals surface area contributed by atoms with E-state index in [2.05, 4.69) is 26.2 Å². The van der Waals surface area contributed by atoms with Gasteiger partial charge in [0.25, 0.3) is 11.5 Å². The predicted octanol–water partition coefficient (Wildman–Crippen LogP) is 3.07. The molecule has 0 aliphatic heterocycles. The lowest BCUT2D eigenvalue weighted by atomic mass is 10.1. The third kappa shape index (κ3) is 5.30. The zero-order valence-corrected chi connectivity index (χ0v) is 20.1. The van der Waals surface area contributed by atoms with Crippen LogP contribution in [0.25, 0.3) is 5.69 Å². The van der Waals surface area contributed by atoms with Gasteiger partial charge in [0.15, 0.2) is 0 Å². The first-order valence-electron chi connectivity index (χ1n) is 10.1. The number of nitrogens with two attached hydrogens (primary N) is 1. The molecule has 8 nitrogen and oxygen atoms in total. The zero-order chi connectivity index (χ0) is 25.2. The fourth-order valence-electron chi connectivity index (χ4n) is 3.09. The molecule has 1 aromatic heterocycles. The van der Waals surface area contributed by atoms with Gasteiger partial charge in [0.1, 0.15) is 34.6 Å². The maximum absolute atomic E-state index is 13.9. The first kappa shape index (κ1) is 25.0. The fourth-order valence-corrected chi connectivity index (χ4v) is 3.47. The van der Waals surface area contributed by atoms with E-state index < -0.39 is 35.0 Å². The molecule has 0 aliphatic rings. The zero-order valence-electron chi connectivity index (χ0n) is 18.5. The Labute approximate surface area is 201 Å². The first-order chi connectivity index (χ1) is 16.0. The molecule has 3 aromatic rings. The number of aryl methyl sites for hydroxylation is 2. The molecule has 178 valence electrons. The number of halogens is 3. The van der Waals surface area contributed by atoms with Crippen LogP contribution >= 0.6 is 15.9 Å². The van der Waals surface area contributed by atoms with Crippen molar-refractivity contribution < 1.29 is 23.1 Å². The van der Waals surface area contributed by atoms with Gasteiger partial charge in [-0.1, -0.05) is 6.07 Å². The molecule has 0 radical (unpaired) electrons. The Bertz CT molecular complexity index is 1340. The Morgan fingerprint density at radius 1 is 1.21 bits per heavy atom. The van der Waals surface area contributed by atoms with Gasteiger partial charge in [-0.15, -0.1) is 0 Å². The van der Waals surface area contributed by atoms with Gasteiger partial charge < -0.3 is 15.8 Å². The van der Waals surface area contributed by atoms with Crippen molar-refractivity contribution in [1.82, 2.24) is 14.9 Å². The molecule has 0 bridgehead atoms. The van der Waals surface area contributed by atoms with Crippen molar-refractivity contribution in [3.63, 3.8) is 0 Å². The average Bonchev–Trinajstić information content (AvgIpc) is 2.77. The number of hydrogen-bond acceptors (Lipinski definition) is 5. The van der Waals surface area contributed by atoms with Crippen molar-refractivity contribution in [2.75, 3.05) is 0 Å². The summed E-state index contributed by atoms with van der Waals surface area (Å²) in [5.74, 6) is -2.53.